The van der Waals surface area contributed by atoms with Crippen molar-refractivity contribution in [3.05, 3.63) is 93.2 Å². The first-order valence-corrected chi connectivity index (χ1v) is 15.9. The van der Waals surface area contributed by atoms with Gasteiger partial charge in [-0.15, -0.1) is 0 Å². The van der Waals surface area contributed by atoms with Gasteiger partial charge in [0.15, 0.2) is 9.84 Å². The molecule has 12 nitrogen and oxygen atoms in total. The Morgan fingerprint density at radius 1 is 0.884 bits per heavy atom. The maximum atomic E-state index is 13.2. The second kappa shape index (κ2) is 17.1. The molecule has 0 aliphatic carbocycles. The van der Waals surface area contributed by atoms with Gasteiger partial charge in [0.05, 0.1) is 6.04 Å². The van der Waals surface area contributed by atoms with Crippen molar-refractivity contribution in [2.24, 2.45) is 16.8 Å². The third-order valence-electron chi connectivity index (χ3n) is 6.46. The third-order valence-corrected chi connectivity index (χ3v) is 7.11. The van der Waals surface area contributed by atoms with Crippen LogP contribution in [0.3, 0.4) is 0 Å². The number of benzene rings is 2. The van der Waals surface area contributed by atoms with Gasteiger partial charge in [0.25, 0.3) is 0 Å². The van der Waals surface area contributed by atoms with E-state index in [1.54, 1.807) is 24.3 Å². The van der Waals surface area contributed by atoms with Gasteiger partial charge < -0.3 is 21.7 Å². The highest BCUT2D eigenvalue weighted by Gasteiger charge is 2.28. The minimum atomic E-state index is -3.45. The fourth-order valence-corrected chi connectivity index (χ4v) is 4.69. The largest absolute Gasteiger partial charge is 0.348 e. The van der Waals surface area contributed by atoms with E-state index in [1.165, 1.54) is 13.0 Å². The van der Waals surface area contributed by atoms with Crippen LogP contribution in [0.25, 0.3) is 10.4 Å². The van der Waals surface area contributed by atoms with Gasteiger partial charge in [-0.3, -0.25) is 14.4 Å². The summed E-state index contributed by atoms with van der Waals surface area (Å²) in [6.45, 7) is 5.64. The van der Waals surface area contributed by atoms with Gasteiger partial charge in [-0.05, 0) is 54.3 Å². The summed E-state index contributed by atoms with van der Waals surface area (Å²) >= 11 is 0. The summed E-state index contributed by atoms with van der Waals surface area (Å²) < 4.78 is 23.5. The third kappa shape index (κ3) is 13.1. The first-order chi connectivity index (χ1) is 20.3. The van der Waals surface area contributed by atoms with Crippen molar-refractivity contribution in [3.8, 4) is 0 Å². The molecule has 2 aromatic rings. The van der Waals surface area contributed by atoms with Crippen LogP contribution < -0.4 is 21.7 Å². The first-order valence-electron chi connectivity index (χ1n) is 14.0. The van der Waals surface area contributed by atoms with Crippen molar-refractivity contribution in [3.63, 3.8) is 0 Å². The van der Waals surface area contributed by atoms with E-state index in [-0.39, 0.29) is 18.8 Å². The Morgan fingerprint density at radius 3 is 2.05 bits per heavy atom. The highest BCUT2D eigenvalue weighted by molar-refractivity contribution is 7.93. The van der Waals surface area contributed by atoms with Crippen molar-refractivity contribution >= 4 is 27.6 Å². The van der Waals surface area contributed by atoms with Crippen LogP contribution in [0, 0.1) is 5.92 Å². The molecular formula is C30H41N7O5S. The number of azide groups is 1. The normalized spacial score (nSPS) is 14.3. The number of nitrogens with two attached hydrogens (primary N) is 1. The summed E-state index contributed by atoms with van der Waals surface area (Å²) in [5.41, 5.74) is 17.2. The zero-order valence-corrected chi connectivity index (χ0v) is 25.8. The lowest BCUT2D eigenvalue weighted by Gasteiger charge is -2.25. The predicted octanol–water partition coefficient (Wildman–Crippen LogP) is 2.69. The van der Waals surface area contributed by atoms with Crippen LogP contribution in [0.5, 0.6) is 0 Å². The molecule has 13 heteroatoms. The average Bonchev–Trinajstić information content (AvgIpc) is 2.95. The zero-order valence-electron chi connectivity index (χ0n) is 24.9. The summed E-state index contributed by atoms with van der Waals surface area (Å²) in [7, 11) is -3.45. The van der Waals surface area contributed by atoms with Crippen molar-refractivity contribution in [1.82, 2.24) is 16.0 Å². The summed E-state index contributed by atoms with van der Waals surface area (Å²) in [6, 6.07) is 12.7. The fraction of sp³-hybridized carbons (Fsp3) is 0.433. The Balaban J connectivity index is 2.13. The lowest BCUT2D eigenvalue weighted by molar-refractivity contribution is -0.132. The van der Waals surface area contributed by atoms with Gasteiger partial charge in [0.1, 0.15) is 18.1 Å². The molecule has 0 aliphatic heterocycles. The quantitative estimate of drug-likeness (QED) is 0.128. The Kier molecular flexibility index (Phi) is 13.9. The Hall–Kier alpha value is -4.19. The number of carbonyl (C=O) groups is 3. The molecule has 0 spiro atoms. The van der Waals surface area contributed by atoms with Gasteiger partial charge in [-0.25, -0.2) is 8.42 Å². The molecule has 43 heavy (non-hydrogen) atoms. The Labute approximate surface area is 253 Å². The molecule has 0 fully saturated rings. The van der Waals surface area contributed by atoms with E-state index < -0.39 is 51.7 Å². The van der Waals surface area contributed by atoms with Crippen LogP contribution in [0.4, 0.5) is 0 Å². The van der Waals surface area contributed by atoms with Crippen LogP contribution in [0.1, 0.15) is 43.9 Å². The smallest absolute Gasteiger partial charge is 0.243 e. The lowest BCUT2D eigenvalue weighted by Crippen LogP contribution is -2.55. The van der Waals surface area contributed by atoms with Gasteiger partial charge in [0, 0.05) is 23.1 Å². The summed E-state index contributed by atoms with van der Waals surface area (Å²) in [5.74, 6) is -1.71. The number of sulfone groups is 1. The average molecular weight is 612 g/mol. The molecule has 5 N–H and O–H groups in total. The number of nitrogens with one attached hydrogen (secondary N) is 3. The number of nitrogens with zero attached hydrogens (tertiary/aromatic N) is 3. The number of carbonyl (C=O) groups excluding carboxylic acids is 3. The fourth-order valence-electron chi connectivity index (χ4n) is 4.21. The van der Waals surface area contributed by atoms with E-state index >= 15 is 0 Å². The molecule has 0 unspecified atom stereocenters. The second-order valence-corrected chi connectivity index (χ2v) is 12.8. The molecule has 0 saturated carbocycles. The van der Waals surface area contributed by atoms with Crippen LogP contribution >= 0.6 is 0 Å². The molecular weight excluding hydrogens is 570 g/mol. The highest BCUT2D eigenvalue weighted by atomic mass is 32.2. The maximum Gasteiger partial charge on any atom is 0.243 e. The Bertz CT molecular complexity index is 1410. The van der Waals surface area contributed by atoms with Crippen LogP contribution in [-0.4, -0.2) is 56.6 Å². The maximum absolute atomic E-state index is 13.2. The number of amides is 3. The molecule has 0 heterocycles. The molecule has 0 radical (unpaired) electrons. The topological polar surface area (TPSA) is 196 Å². The monoisotopic (exact) mass is 611 g/mol. The van der Waals surface area contributed by atoms with Crippen molar-refractivity contribution < 1.29 is 22.8 Å². The minimum Gasteiger partial charge on any atom is -0.348 e. The van der Waals surface area contributed by atoms with Crippen LogP contribution in [0.15, 0.2) is 71.2 Å². The number of hydrogen-bond donors (Lipinski definition) is 4. The summed E-state index contributed by atoms with van der Waals surface area (Å²) in [4.78, 5) is 42.2. The van der Waals surface area contributed by atoms with Crippen molar-refractivity contribution in [2.75, 3.05) is 6.26 Å². The summed E-state index contributed by atoms with van der Waals surface area (Å²) in [6.07, 6.45) is 3.18. The molecule has 4 atom stereocenters. The molecule has 2 rings (SSSR count). The van der Waals surface area contributed by atoms with E-state index in [1.807, 2.05) is 44.2 Å². The molecule has 0 saturated heterocycles. The van der Waals surface area contributed by atoms with E-state index in [0.29, 0.717) is 13.0 Å². The standard InChI is InChI=1S/C30H41N7O5S/c1-20(2)16-26(35-30(40)27(36-37-32)18-22-8-6-5-7-9-22)29(39)33-21(3)28(38)34-25(14-15-43(4,41)42)17-23-10-12-24(19-31)13-11-23/h5-15,20-21,25-27H,16-19,31H2,1-4H3,(H,33,39)(H,34,38)(H,35,40)/t21-,25+,26-,27-/m0/s1. The predicted molar refractivity (Wildman–Crippen MR) is 166 cm³/mol. The van der Waals surface area contributed by atoms with E-state index in [0.717, 1.165) is 28.4 Å². The molecule has 3 amide bonds. The second-order valence-electron chi connectivity index (χ2n) is 10.8. The Morgan fingerprint density at radius 2 is 1.49 bits per heavy atom. The van der Waals surface area contributed by atoms with Crippen LogP contribution in [0.2, 0.25) is 0 Å². The lowest BCUT2D eigenvalue weighted by atomic mass is 10.0. The first kappa shape index (κ1) is 35.0. The summed E-state index contributed by atoms with van der Waals surface area (Å²) in [5, 5.41) is 12.8. The molecule has 232 valence electrons. The van der Waals surface area contributed by atoms with E-state index in [9.17, 15) is 22.8 Å². The van der Waals surface area contributed by atoms with Crippen molar-refractivity contribution in [1.29, 1.82) is 0 Å². The van der Waals surface area contributed by atoms with E-state index in [2.05, 4.69) is 26.0 Å². The number of hydrogen-bond acceptors (Lipinski definition) is 7. The van der Waals surface area contributed by atoms with Crippen molar-refractivity contribution in [2.45, 2.75) is 70.7 Å². The molecule has 0 aromatic heterocycles. The highest BCUT2D eigenvalue weighted by Crippen LogP contribution is 2.11. The van der Waals surface area contributed by atoms with E-state index in [4.69, 9.17) is 11.3 Å². The SMILES string of the molecule is CC(C)C[C@H](NC(=O)[C@H](Cc1ccccc1)N=[N+]=[N-])C(=O)N[C@@H](C)C(=O)N[C@H](C=CS(C)(=O)=O)Cc1ccc(CN)cc1. The molecule has 2 aromatic carbocycles. The zero-order chi connectivity index (χ0) is 32.0. The van der Waals surface area contributed by atoms with Gasteiger partial charge in [-0.2, -0.15) is 0 Å². The van der Waals surface area contributed by atoms with Gasteiger partial charge in [0.2, 0.25) is 17.7 Å². The molecule has 0 aliphatic rings. The van der Waals surface area contributed by atoms with Gasteiger partial charge in [-0.1, -0.05) is 79.6 Å². The van der Waals surface area contributed by atoms with Crippen LogP contribution in [-0.2, 0) is 43.6 Å². The number of rotatable bonds is 16. The minimum absolute atomic E-state index is 0.0170. The van der Waals surface area contributed by atoms with Gasteiger partial charge >= 0.3 is 0 Å². The molecule has 0 bridgehead atoms.